The highest BCUT2D eigenvalue weighted by Gasteiger charge is 2.65. The molecule has 0 radical (unpaired) electrons. The van der Waals surface area contributed by atoms with E-state index >= 15 is 0 Å². The summed E-state index contributed by atoms with van der Waals surface area (Å²) < 4.78 is 17.0. The van der Waals surface area contributed by atoms with E-state index < -0.39 is 32.0 Å². The number of aliphatic hydroxyl groups is 1. The Morgan fingerprint density at radius 3 is 2.28 bits per heavy atom. The molecule has 32 heavy (non-hydrogen) atoms. The van der Waals surface area contributed by atoms with E-state index in [1.54, 1.807) is 26.2 Å². The highest BCUT2D eigenvalue weighted by atomic mass is 28.4. The van der Waals surface area contributed by atoms with Gasteiger partial charge in [0.05, 0.1) is 26.7 Å². The number of nitrogens with zero attached hydrogens (tertiary/aromatic N) is 1. The SMILES string of the molecule is C=C(C)[C@H](O)[C@]1(C(=O)OC)[C@@H](O[Si](C)(C)C(C)(C)C)CC(=O)N1Cc1ccc(OC)cc1. The van der Waals surface area contributed by atoms with Gasteiger partial charge in [0.25, 0.3) is 0 Å². The number of aliphatic hydroxyl groups excluding tert-OH is 1. The van der Waals surface area contributed by atoms with E-state index in [-0.39, 0.29) is 23.9 Å². The summed E-state index contributed by atoms with van der Waals surface area (Å²) in [6.07, 6.45) is -2.25. The van der Waals surface area contributed by atoms with Crippen molar-refractivity contribution in [3.05, 3.63) is 42.0 Å². The summed E-state index contributed by atoms with van der Waals surface area (Å²) in [6.45, 7) is 16.0. The Labute approximate surface area is 192 Å². The van der Waals surface area contributed by atoms with Gasteiger partial charge in [-0.05, 0) is 48.3 Å². The molecular formula is C24H37NO6Si. The number of carbonyl (C=O) groups excluding carboxylic acids is 2. The molecule has 7 nitrogen and oxygen atoms in total. The van der Waals surface area contributed by atoms with Gasteiger partial charge < -0.3 is 23.9 Å². The minimum atomic E-state index is -2.41. The van der Waals surface area contributed by atoms with Crippen molar-refractivity contribution in [3.63, 3.8) is 0 Å². The lowest BCUT2D eigenvalue weighted by atomic mass is 9.83. The number of amides is 1. The Hall–Kier alpha value is -2.16. The molecule has 2 rings (SSSR count). The van der Waals surface area contributed by atoms with Crippen molar-refractivity contribution in [3.8, 4) is 5.75 Å². The monoisotopic (exact) mass is 463 g/mol. The maximum Gasteiger partial charge on any atom is 0.337 e. The number of ether oxygens (including phenoxy) is 2. The highest BCUT2D eigenvalue weighted by molar-refractivity contribution is 6.74. The Bertz CT molecular complexity index is 860. The molecule has 178 valence electrons. The van der Waals surface area contributed by atoms with Crippen LogP contribution >= 0.6 is 0 Å². The average Bonchev–Trinajstić information content (AvgIpc) is 2.97. The number of carbonyl (C=O) groups is 2. The van der Waals surface area contributed by atoms with E-state index in [0.29, 0.717) is 11.3 Å². The quantitative estimate of drug-likeness (QED) is 0.360. The normalized spacial score (nSPS) is 22.6. The molecule has 1 aromatic carbocycles. The first kappa shape index (κ1) is 26.1. The van der Waals surface area contributed by atoms with Gasteiger partial charge in [-0.25, -0.2) is 4.79 Å². The van der Waals surface area contributed by atoms with Crippen LogP contribution in [0.2, 0.25) is 18.1 Å². The fourth-order valence-electron chi connectivity index (χ4n) is 3.82. The molecule has 1 aliphatic rings. The van der Waals surface area contributed by atoms with Gasteiger partial charge in [-0.3, -0.25) is 4.79 Å². The van der Waals surface area contributed by atoms with E-state index in [1.165, 1.54) is 12.0 Å². The number of methoxy groups -OCH3 is 2. The van der Waals surface area contributed by atoms with Crippen LogP contribution in [0.15, 0.2) is 36.4 Å². The molecule has 0 aromatic heterocycles. The van der Waals surface area contributed by atoms with Gasteiger partial charge in [0, 0.05) is 6.54 Å². The number of hydrogen-bond donors (Lipinski definition) is 1. The van der Waals surface area contributed by atoms with E-state index in [9.17, 15) is 14.7 Å². The highest BCUT2D eigenvalue weighted by Crippen LogP contribution is 2.45. The smallest absolute Gasteiger partial charge is 0.337 e. The lowest BCUT2D eigenvalue weighted by Crippen LogP contribution is -2.67. The zero-order valence-electron chi connectivity index (χ0n) is 20.5. The van der Waals surface area contributed by atoms with Crippen LogP contribution in [0, 0.1) is 0 Å². The van der Waals surface area contributed by atoms with Crippen molar-refractivity contribution in [2.45, 2.75) is 76.5 Å². The molecule has 1 amide bonds. The van der Waals surface area contributed by atoms with E-state index in [4.69, 9.17) is 13.9 Å². The zero-order chi connectivity index (χ0) is 24.5. The van der Waals surface area contributed by atoms with E-state index in [1.807, 2.05) is 12.1 Å². The second-order valence-corrected chi connectivity index (χ2v) is 14.7. The van der Waals surface area contributed by atoms with Crippen LogP contribution < -0.4 is 4.74 Å². The number of benzene rings is 1. The fraction of sp³-hybridized carbons (Fsp3) is 0.583. The molecule has 0 unspecified atom stereocenters. The second kappa shape index (κ2) is 9.37. The third-order valence-electron chi connectivity index (χ3n) is 6.74. The van der Waals surface area contributed by atoms with Crippen LogP contribution in [0.25, 0.3) is 0 Å². The average molecular weight is 464 g/mol. The van der Waals surface area contributed by atoms with Crippen molar-refractivity contribution in [2.24, 2.45) is 0 Å². The molecule has 1 fully saturated rings. The molecule has 0 aliphatic carbocycles. The van der Waals surface area contributed by atoms with Crippen LogP contribution in [0.3, 0.4) is 0 Å². The van der Waals surface area contributed by atoms with Crippen molar-refractivity contribution in [1.82, 2.24) is 4.90 Å². The number of likely N-dealkylation sites (tertiary alicyclic amines) is 1. The maximum atomic E-state index is 13.4. The van der Waals surface area contributed by atoms with Crippen molar-refractivity contribution in [1.29, 1.82) is 0 Å². The molecule has 1 saturated heterocycles. The van der Waals surface area contributed by atoms with Gasteiger partial charge in [0.15, 0.2) is 13.9 Å². The van der Waals surface area contributed by atoms with Gasteiger partial charge in [0.1, 0.15) is 11.9 Å². The summed E-state index contributed by atoms with van der Waals surface area (Å²) in [5, 5.41) is 11.2. The lowest BCUT2D eigenvalue weighted by Gasteiger charge is -2.46. The lowest BCUT2D eigenvalue weighted by molar-refractivity contribution is -0.170. The van der Waals surface area contributed by atoms with Crippen LogP contribution in [-0.2, 0) is 25.3 Å². The predicted octanol–water partition coefficient (Wildman–Crippen LogP) is 3.67. The van der Waals surface area contributed by atoms with Crippen LogP contribution in [0.1, 0.15) is 39.7 Å². The Morgan fingerprint density at radius 1 is 1.28 bits per heavy atom. The molecule has 1 heterocycles. The first-order valence-corrected chi connectivity index (χ1v) is 13.7. The van der Waals surface area contributed by atoms with E-state index in [2.05, 4.69) is 40.4 Å². The first-order valence-electron chi connectivity index (χ1n) is 10.8. The van der Waals surface area contributed by atoms with Gasteiger partial charge in [-0.1, -0.05) is 39.5 Å². The van der Waals surface area contributed by atoms with Gasteiger partial charge in [-0.2, -0.15) is 0 Å². The summed E-state index contributed by atoms with van der Waals surface area (Å²) in [5.41, 5.74) is -0.587. The number of hydrogen-bond acceptors (Lipinski definition) is 6. The number of esters is 1. The standard InChI is InChI=1S/C24H37NO6Si/c1-16(2)21(27)24(22(28)30-7)19(31-32(8,9)23(3,4)5)14-20(26)25(24)15-17-10-12-18(29-6)13-11-17/h10-13,19,21,27H,1,14-15H2,2-9H3/t19-,21-,24-/m0/s1. The first-order chi connectivity index (χ1) is 14.7. The minimum absolute atomic E-state index is 0.0257. The van der Waals surface area contributed by atoms with Crippen molar-refractivity contribution < 1.29 is 28.6 Å². The molecule has 0 saturated carbocycles. The second-order valence-electron chi connectivity index (χ2n) is 9.96. The molecule has 0 spiro atoms. The van der Waals surface area contributed by atoms with Crippen molar-refractivity contribution >= 4 is 20.2 Å². The predicted molar refractivity (Wildman–Crippen MR) is 126 cm³/mol. The summed E-state index contributed by atoms with van der Waals surface area (Å²) >= 11 is 0. The molecule has 1 aliphatic heterocycles. The Balaban J connectivity index is 2.62. The van der Waals surface area contributed by atoms with Gasteiger partial charge >= 0.3 is 5.97 Å². The maximum absolute atomic E-state index is 13.4. The summed E-state index contributed by atoms with van der Waals surface area (Å²) in [7, 11) is 0.428. The Morgan fingerprint density at radius 2 is 1.84 bits per heavy atom. The molecular weight excluding hydrogens is 426 g/mol. The molecule has 8 heteroatoms. The number of rotatable bonds is 8. The minimum Gasteiger partial charge on any atom is -0.497 e. The van der Waals surface area contributed by atoms with Gasteiger partial charge in [-0.15, -0.1) is 0 Å². The summed E-state index contributed by atoms with van der Waals surface area (Å²) in [6, 6.07) is 7.22. The van der Waals surface area contributed by atoms with Crippen LogP contribution in [0.4, 0.5) is 0 Å². The summed E-state index contributed by atoms with van der Waals surface area (Å²) in [4.78, 5) is 28.1. The zero-order valence-corrected chi connectivity index (χ0v) is 21.5. The molecule has 0 bridgehead atoms. The van der Waals surface area contributed by atoms with Crippen LogP contribution in [0.5, 0.6) is 5.75 Å². The third-order valence-corrected chi connectivity index (χ3v) is 11.2. The molecule has 1 N–H and O–H groups in total. The van der Waals surface area contributed by atoms with Crippen molar-refractivity contribution in [2.75, 3.05) is 14.2 Å². The van der Waals surface area contributed by atoms with Gasteiger partial charge in [0.2, 0.25) is 5.91 Å². The fourth-order valence-corrected chi connectivity index (χ4v) is 5.14. The van der Waals surface area contributed by atoms with Crippen LogP contribution in [-0.4, -0.2) is 62.2 Å². The third kappa shape index (κ3) is 4.63. The Kier molecular flexibility index (Phi) is 7.64. The largest absolute Gasteiger partial charge is 0.497 e. The summed E-state index contributed by atoms with van der Waals surface area (Å²) in [5.74, 6) is -0.312. The van der Waals surface area contributed by atoms with E-state index in [0.717, 1.165) is 5.56 Å². The topological polar surface area (TPSA) is 85.3 Å². The molecule has 3 atom stereocenters. The molecule has 1 aromatic rings.